The first-order chi connectivity index (χ1) is 11.0. The number of aliphatic hydroxyl groups excluding tert-OH is 1. The summed E-state index contributed by atoms with van der Waals surface area (Å²) in [5.41, 5.74) is 8.06. The Morgan fingerprint density at radius 2 is 1.13 bits per heavy atom. The Balaban J connectivity index is 2.13. The molecule has 1 nitrogen and oxygen atoms in total. The number of aryl methyl sites for hydroxylation is 2. The maximum Gasteiger partial charge on any atom is 0.0767 e. The number of aliphatic hydroxyl groups is 1. The number of benzene rings is 3. The van der Waals surface area contributed by atoms with Crippen molar-refractivity contribution in [3.05, 3.63) is 83.4 Å². The van der Waals surface area contributed by atoms with E-state index in [0.29, 0.717) is 0 Å². The maximum absolute atomic E-state index is 10.1. The summed E-state index contributed by atoms with van der Waals surface area (Å²) in [5, 5.41) is 10.1. The molecule has 3 aromatic rings. The van der Waals surface area contributed by atoms with Crippen LogP contribution in [0, 0.1) is 13.8 Å². The van der Waals surface area contributed by atoms with Crippen LogP contribution < -0.4 is 0 Å². The molecule has 3 aromatic carbocycles. The Morgan fingerprint density at radius 3 is 1.65 bits per heavy atom. The molecule has 0 aliphatic heterocycles. The summed E-state index contributed by atoms with van der Waals surface area (Å²) in [6.07, 6.45) is -0.488. The summed E-state index contributed by atoms with van der Waals surface area (Å²) in [5.74, 6) is 0. The summed E-state index contributed by atoms with van der Waals surface area (Å²) >= 11 is 0. The van der Waals surface area contributed by atoms with Crippen molar-refractivity contribution in [3.63, 3.8) is 0 Å². The van der Waals surface area contributed by atoms with Gasteiger partial charge in [0, 0.05) is 0 Å². The summed E-state index contributed by atoms with van der Waals surface area (Å²) in [4.78, 5) is 0. The molecule has 0 saturated carbocycles. The Morgan fingerprint density at radius 1 is 0.652 bits per heavy atom. The van der Waals surface area contributed by atoms with Crippen LogP contribution in [0.2, 0.25) is 0 Å². The fraction of sp³-hybridized carbons (Fsp3) is 0.182. The third-order valence-electron chi connectivity index (χ3n) is 4.25. The molecule has 0 heterocycles. The van der Waals surface area contributed by atoms with E-state index in [1.807, 2.05) is 13.0 Å². The van der Waals surface area contributed by atoms with Crippen LogP contribution in [0.1, 0.15) is 29.7 Å². The second-order valence-corrected chi connectivity index (χ2v) is 6.21. The zero-order valence-corrected chi connectivity index (χ0v) is 13.9. The quantitative estimate of drug-likeness (QED) is 0.659. The zero-order chi connectivity index (χ0) is 16.4. The van der Waals surface area contributed by atoms with E-state index in [9.17, 15) is 5.11 Å². The van der Waals surface area contributed by atoms with Gasteiger partial charge in [-0.1, -0.05) is 71.8 Å². The minimum atomic E-state index is -0.488. The average Bonchev–Trinajstić information content (AvgIpc) is 2.55. The highest BCUT2D eigenvalue weighted by atomic mass is 16.3. The normalized spacial score (nSPS) is 12.2. The molecule has 0 aliphatic carbocycles. The Bertz CT molecular complexity index is 796. The van der Waals surface area contributed by atoms with E-state index in [0.717, 1.165) is 16.7 Å². The minimum Gasteiger partial charge on any atom is -0.389 e. The summed E-state index contributed by atoms with van der Waals surface area (Å²) in [6.45, 7) is 6.00. The highest BCUT2D eigenvalue weighted by molar-refractivity contribution is 5.76. The molecular weight excluding hydrogens is 280 g/mol. The largest absolute Gasteiger partial charge is 0.389 e. The lowest BCUT2D eigenvalue weighted by molar-refractivity contribution is 0.200. The van der Waals surface area contributed by atoms with E-state index in [1.165, 1.54) is 22.3 Å². The fourth-order valence-corrected chi connectivity index (χ4v) is 2.83. The molecule has 0 amide bonds. The molecule has 0 radical (unpaired) electrons. The van der Waals surface area contributed by atoms with Crippen molar-refractivity contribution >= 4 is 0 Å². The van der Waals surface area contributed by atoms with Gasteiger partial charge in [-0.25, -0.2) is 0 Å². The van der Waals surface area contributed by atoms with Gasteiger partial charge in [0.15, 0.2) is 0 Å². The summed E-state index contributed by atoms with van der Waals surface area (Å²) in [7, 11) is 0. The van der Waals surface area contributed by atoms with Crippen LogP contribution in [0.5, 0.6) is 0 Å². The van der Waals surface area contributed by atoms with Gasteiger partial charge in [-0.2, -0.15) is 0 Å². The lowest BCUT2D eigenvalue weighted by Crippen LogP contribution is -1.96. The van der Waals surface area contributed by atoms with E-state index in [4.69, 9.17) is 0 Å². The monoisotopic (exact) mass is 302 g/mol. The first kappa shape index (κ1) is 15.5. The second-order valence-electron chi connectivity index (χ2n) is 6.21. The highest BCUT2D eigenvalue weighted by Gasteiger charge is 2.11. The van der Waals surface area contributed by atoms with Gasteiger partial charge in [0.2, 0.25) is 0 Å². The van der Waals surface area contributed by atoms with Crippen molar-refractivity contribution in [1.82, 2.24) is 0 Å². The van der Waals surface area contributed by atoms with Gasteiger partial charge < -0.3 is 5.11 Å². The lowest BCUT2D eigenvalue weighted by Gasteiger charge is -2.15. The number of rotatable bonds is 3. The predicted molar refractivity (Wildman–Crippen MR) is 97.4 cm³/mol. The van der Waals surface area contributed by atoms with Crippen molar-refractivity contribution in [2.45, 2.75) is 26.9 Å². The van der Waals surface area contributed by atoms with Crippen LogP contribution in [-0.4, -0.2) is 5.11 Å². The van der Waals surface area contributed by atoms with E-state index in [1.54, 1.807) is 0 Å². The standard InChI is InChI=1S/C22H22O/c1-15-4-8-18(9-5-15)20-12-13-21(17(3)23)22(14-20)19-10-6-16(2)7-11-19/h4-14,17,23H,1-3H3/t17-/m0/s1. The SMILES string of the molecule is Cc1ccc(-c2ccc([C@H](C)O)c(-c3ccc(C)cc3)c2)cc1. The van der Waals surface area contributed by atoms with Gasteiger partial charge in [0.25, 0.3) is 0 Å². The third-order valence-corrected chi connectivity index (χ3v) is 4.25. The van der Waals surface area contributed by atoms with Crippen molar-refractivity contribution < 1.29 is 5.11 Å². The Kier molecular flexibility index (Phi) is 4.31. The molecule has 0 spiro atoms. The van der Waals surface area contributed by atoms with Crippen LogP contribution in [0.15, 0.2) is 66.7 Å². The zero-order valence-electron chi connectivity index (χ0n) is 13.9. The van der Waals surface area contributed by atoms with E-state index in [-0.39, 0.29) is 0 Å². The fourth-order valence-electron chi connectivity index (χ4n) is 2.83. The number of hydrogen-bond acceptors (Lipinski definition) is 1. The highest BCUT2D eigenvalue weighted by Crippen LogP contribution is 2.33. The topological polar surface area (TPSA) is 20.2 Å². The maximum atomic E-state index is 10.1. The molecule has 3 rings (SSSR count). The Labute approximate surface area is 138 Å². The van der Waals surface area contributed by atoms with Crippen LogP contribution in [0.25, 0.3) is 22.3 Å². The molecule has 0 fully saturated rings. The van der Waals surface area contributed by atoms with Gasteiger partial charge in [-0.05, 0) is 54.7 Å². The molecule has 1 heteroatoms. The first-order valence-corrected chi connectivity index (χ1v) is 8.00. The first-order valence-electron chi connectivity index (χ1n) is 8.00. The van der Waals surface area contributed by atoms with E-state index < -0.39 is 6.10 Å². The van der Waals surface area contributed by atoms with E-state index >= 15 is 0 Å². The molecule has 1 N–H and O–H groups in total. The molecule has 0 aliphatic rings. The molecule has 1 atom stereocenters. The molecule has 116 valence electrons. The molecule has 0 aromatic heterocycles. The average molecular weight is 302 g/mol. The van der Waals surface area contributed by atoms with Gasteiger partial charge in [0.05, 0.1) is 6.10 Å². The molecule has 0 saturated heterocycles. The number of hydrogen-bond donors (Lipinski definition) is 1. The van der Waals surface area contributed by atoms with Crippen LogP contribution >= 0.6 is 0 Å². The van der Waals surface area contributed by atoms with Gasteiger partial charge >= 0.3 is 0 Å². The Hall–Kier alpha value is -2.38. The van der Waals surface area contributed by atoms with Crippen molar-refractivity contribution in [1.29, 1.82) is 0 Å². The summed E-state index contributed by atoms with van der Waals surface area (Å²) in [6, 6.07) is 23.3. The van der Waals surface area contributed by atoms with E-state index in [2.05, 4.69) is 74.5 Å². The second kappa shape index (κ2) is 6.39. The minimum absolute atomic E-state index is 0.488. The molecule has 0 unspecified atom stereocenters. The van der Waals surface area contributed by atoms with Gasteiger partial charge in [0.1, 0.15) is 0 Å². The van der Waals surface area contributed by atoms with Gasteiger partial charge in [-0.3, -0.25) is 0 Å². The van der Waals surface area contributed by atoms with Crippen LogP contribution in [-0.2, 0) is 0 Å². The van der Waals surface area contributed by atoms with Crippen molar-refractivity contribution in [3.8, 4) is 22.3 Å². The van der Waals surface area contributed by atoms with Crippen molar-refractivity contribution in [2.75, 3.05) is 0 Å². The smallest absolute Gasteiger partial charge is 0.0767 e. The summed E-state index contributed by atoms with van der Waals surface area (Å²) < 4.78 is 0. The van der Waals surface area contributed by atoms with Crippen LogP contribution in [0.4, 0.5) is 0 Å². The molecule has 23 heavy (non-hydrogen) atoms. The third kappa shape index (κ3) is 3.35. The van der Waals surface area contributed by atoms with Crippen LogP contribution in [0.3, 0.4) is 0 Å². The molecular formula is C22H22O. The lowest BCUT2D eigenvalue weighted by atomic mass is 9.92. The van der Waals surface area contributed by atoms with Crippen molar-refractivity contribution in [2.24, 2.45) is 0 Å². The predicted octanol–water partition coefficient (Wildman–Crippen LogP) is 5.69. The van der Waals surface area contributed by atoms with Gasteiger partial charge in [-0.15, -0.1) is 0 Å². The molecule has 0 bridgehead atoms.